The monoisotopic (exact) mass is 239 g/mol. The Morgan fingerprint density at radius 2 is 1.88 bits per heavy atom. The maximum Gasteiger partial charge on any atom is 0.0402 e. The normalized spacial score (nSPS) is 12.2. The second-order valence-corrected chi connectivity index (χ2v) is 5.50. The molecule has 0 unspecified atom stereocenters. The van der Waals surface area contributed by atoms with E-state index >= 15 is 0 Å². The smallest absolute Gasteiger partial charge is 0.0402 e. The molecule has 0 aliphatic rings. The van der Waals surface area contributed by atoms with E-state index in [4.69, 9.17) is 11.6 Å². The summed E-state index contributed by atoms with van der Waals surface area (Å²) in [5.74, 6) is 0.647. The summed E-state index contributed by atoms with van der Waals surface area (Å²) >= 11 is 5.98. The first-order chi connectivity index (χ1) is 7.36. The molecule has 0 heterocycles. The number of alkyl halides is 1. The number of hydrogen-bond acceptors (Lipinski definition) is 1. The third-order valence-corrected chi connectivity index (χ3v) is 3.93. The maximum absolute atomic E-state index is 5.98. The number of halogens is 1. The summed E-state index contributed by atoms with van der Waals surface area (Å²) in [5, 5.41) is 0. The SMILES string of the molecule is Cc1ccc(C)c(CN(C)C(C)(C)CCl)c1. The standard InChI is InChI=1S/C14H22ClN/c1-11-6-7-12(2)13(8-11)9-16(5)14(3,4)10-15/h6-8H,9-10H2,1-5H3. The lowest BCUT2D eigenvalue weighted by atomic mass is 10.0. The van der Waals surface area contributed by atoms with Crippen LogP contribution in [-0.4, -0.2) is 23.4 Å². The Labute approximate surface area is 104 Å². The van der Waals surface area contributed by atoms with Crippen molar-refractivity contribution in [2.24, 2.45) is 0 Å². The molecule has 0 radical (unpaired) electrons. The summed E-state index contributed by atoms with van der Waals surface area (Å²) in [4.78, 5) is 2.31. The molecule has 0 atom stereocenters. The average Bonchev–Trinajstić information content (AvgIpc) is 2.23. The summed E-state index contributed by atoms with van der Waals surface area (Å²) in [7, 11) is 2.13. The van der Waals surface area contributed by atoms with Crippen LogP contribution in [0.25, 0.3) is 0 Å². The van der Waals surface area contributed by atoms with Gasteiger partial charge in [-0.05, 0) is 45.9 Å². The van der Waals surface area contributed by atoms with Crippen molar-refractivity contribution in [3.8, 4) is 0 Å². The van der Waals surface area contributed by atoms with Crippen LogP contribution in [0.2, 0.25) is 0 Å². The zero-order valence-electron chi connectivity index (χ0n) is 11.0. The first-order valence-electron chi connectivity index (χ1n) is 5.70. The van der Waals surface area contributed by atoms with Gasteiger partial charge in [-0.3, -0.25) is 4.90 Å². The van der Waals surface area contributed by atoms with Crippen LogP contribution in [0.3, 0.4) is 0 Å². The fraction of sp³-hybridized carbons (Fsp3) is 0.571. The minimum Gasteiger partial charge on any atom is -0.296 e. The van der Waals surface area contributed by atoms with Gasteiger partial charge in [-0.25, -0.2) is 0 Å². The van der Waals surface area contributed by atoms with Crippen LogP contribution in [0.15, 0.2) is 18.2 Å². The minimum absolute atomic E-state index is 0.0394. The maximum atomic E-state index is 5.98. The molecule has 0 bridgehead atoms. The van der Waals surface area contributed by atoms with Gasteiger partial charge in [-0.2, -0.15) is 0 Å². The summed E-state index contributed by atoms with van der Waals surface area (Å²) in [6, 6.07) is 6.61. The molecule has 0 aliphatic carbocycles. The Bertz CT molecular complexity index is 358. The van der Waals surface area contributed by atoms with Crippen molar-refractivity contribution >= 4 is 11.6 Å². The van der Waals surface area contributed by atoms with Gasteiger partial charge in [0.25, 0.3) is 0 Å². The Hall–Kier alpha value is -0.530. The van der Waals surface area contributed by atoms with Crippen LogP contribution < -0.4 is 0 Å². The highest BCUT2D eigenvalue weighted by Gasteiger charge is 2.22. The number of benzene rings is 1. The fourth-order valence-corrected chi connectivity index (χ4v) is 1.75. The molecule has 1 aromatic carbocycles. The van der Waals surface area contributed by atoms with E-state index in [-0.39, 0.29) is 5.54 Å². The number of rotatable bonds is 4. The lowest BCUT2D eigenvalue weighted by molar-refractivity contribution is 0.170. The molecule has 1 aromatic rings. The zero-order valence-corrected chi connectivity index (χ0v) is 11.7. The van der Waals surface area contributed by atoms with Crippen molar-refractivity contribution in [3.05, 3.63) is 34.9 Å². The molecule has 0 saturated heterocycles. The summed E-state index contributed by atoms with van der Waals surface area (Å²) < 4.78 is 0. The second kappa shape index (κ2) is 5.20. The quantitative estimate of drug-likeness (QED) is 0.724. The average molecular weight is 240 g/mol. The van der Waals surface area contributed by atoms with Crippen molar-refractivity contribution in [2.45, 2.75) is 39.8 Å². The Balaban J connectivity index is 2.84. The van der Waals surface area contributed by atoms with E-state index in [9.17, 15) is 0 Å². The largest absolute Gasteiger partial charge is 0.296 e. The van der Waals surface area contributed by atoms with E-state index in [0.29, 0.717) is 5.88 Å². The van der Waals surface area contributed by atoms with Gasteiger partial charge in [0.15, 0.2) is 0 Å². The lowest BCUT2D eigenvalue weighted by Crippen LogP contribution is -2.42. The highest BCUT2D eigenvalue weighted by atomic mass is 35.5. The fourth-order valence-electron chi connectivity index (χ4n) is 1.54. The van der Waals surface area contributed by atoms with Crippen LogP contribution in [0, 0.1) is 13.8 Å². The highest BCUT2D eigenvalue weighted by molar-refractivity contribution is 6.18. The summed E-state index contributed by atoms with van der Waals surface area (Å²) in [6.45, 7) is 9.59. The van der Waals surface area contributed by atoms with E-state index in [2.05, 4.69) is 57.8 Å². The molecule has 1 nitrogen and oxygen atoms in total. The Kier molecular flexibility index (Phi) is 4.40. The van der Waals surface area contributed by atoms with E-state index < -0.39 is 0 Å². The first kappa shape index (κ1) is 13.5. The van der Waals surface area contributed by atoms with Crippen LogP contribution in [0.1, 0.15) is 30.5 Å². The molecule has 0 aliphatic heterocycles. The van der Waals surface area contributed by atoms with Gasteiger partial charge >= 0.3 is 0 Å². The van der Waals surface area contributed by atoms with Gasteiger partial charge in [-0.15, -0.1) is 11.6 Å². The van der Waals surface area contributed by atoms with Crippen LogP contribution in [-0.2, 0) is 6.54 Å². The molecule has 0 aromatic heterocycles. The van der Waals surface area contributed by atoms with Crippen LogP contribution in [0.5, 0.6) is 0 Å². The molecule has 0 fully saturated rings. The summed E-state index contributed by atoms with van der Waals surface area (Å²) in [6.07, 6.45) is 0. The predicted octanol–water partition coefficient (Wildman–Crippen LogP) is 3.75. The van der Waals surface area contributed by atoms with Crippen molar-refractivity contribution in [3.63, 3.8) is 0 Å². The van der Waals surface area contributed by atoms with E-state index in [1.807, 2.05) is 0 Å². The van der Waals surface area contributed by atoms with E-state index in [1.54, 1.807) is 0 Å². The molecular weight excluding hydrogens is 218 g/mol. The molecule has 1 rings (SSSR count). The predicted molar refractivity (Wildman–Crippen MR) is 72.2 cm³/mol. The van der Waals surface area contributed by atoms with Crippen molar-refractivity contribution in [1.82, 2.24) is 4.90 Å². The van der Waals surface area contributed by atoms with Crippen molar-refractivity contribution in [2.75, 3.05) is 12.9 Å². The second-order valence-electron chi connectivity index (χ2n) is 5.23. The molecular formula is C14H22ClN. The van der Waals surface area contributed by atoms with E-state index in [1.165, 1.54) is 16.7 Å². The zero-order chi connectivity index (χ0) is 12.3. The number of hydrogen-bond donors (Lipinski definition) is 0. The molecule has 0 spiro atoms. The lowest BCUT2D eigenvalue weighted by Gasteiger charge is -2.34. The van der Waals surface area contributed by atoms with Crippen molar-refractivity contribution < 1.29 is 0 Å². The van der Waals surface area contributed by atoms with Gasteiger partial charge < -0.3 is 0 Å². The third kappa shape index (κ3) is 3.23. The van der Waals surface area contributed by atoms with Gasteiger partial charge in [-0.1, -0.05) is 23.8 Å². The van der Waals surface area contributed by atoms with Gasteiger partial charge in [0, 0.05) is 18.0 Å². The van der Waals surface area contributed by atoms with Gasteiger partial charge in [0.05, 0.1) is 0 Å². The minimum atomic E-state index is 0.0394. The summed E-state index contributed by atoms with van der Waals surface area (Å²) in [5.41, 5.74) is 4.10. The Morgan fingerprint density at radius 3 is 2.44 bits per heavy atom. The number of aryl methyl sites for hydroxylation is 2. The molecule has 90 valence electrons. The molecule has 0 amide bonds. The Morgan fingerprint density at radius 1 is 1.25 bits per heavy atom. The molecule has 16 heavy (non-hydrogen) atoms. The molecule has 2 heteroatoms. The van der Waals surface area contributed by atoms with Gasteiger partial charge in [0.2, 0.25) is 0 Å². The van der Waals surface area contributed by atoms with Crippen LogP contribution in [0.4, 0.5) is 0 Å². The van der Waals surface area contributed by atoms with E-state index in [0.717, 1.165) is 6.54 Å². The first-order valence-corrected chi connectivity index (χ1v) is 6.23. The topological polar surface area (TPSA) is 3.24 Å². The third-order valence-electron chi connectivity index (χ3n) is 3.27. The molecule has 0 N–H and O–H groups in total. The van der Waals surface area contributed by atoms with Crippen LogP contribution >= 0.6 is 11.6 Å². The highest BCUT2D eigenvalue weighted by Crippen LogP contribution is 2.19. The van der Waals surface area contributed by atoms with Crippen molar-refractivity contribution in [1.29, 1.82) is 0 Å². The molecule has 0 saturated carbocycles. The number of nitrogens with zero attached hydrogens (tertiary/aromatic N) is 1. The van der Waals surface area contributed by atoms with Gasteiger partial charge in [0.1, 0.15) is 0 Å².